The second-order valence-electron chi connectivity index (χ2n) is 5.56. The lowest BCUT2D eigenvalue weighted by Crippen LogP contribution is -2.29. The molecule has 0 saturated carbocycles. The smallest absolute Gasteiger partial charge is 0.263 e. The first-order chi connectivity index (χ1) is 12.4. The summed E-state index contributed by atoms with van der Waals surface area (Å²) in [5.41, 5.74) is 0.555. The van der Waals surface area contributed by atoms with Crippen LogP contribution in [-0.2, 0) is 6.54 Å². The molecule has 1 aromatic heterocycles. The second-order valence-corrected chi connectivity index (χ2v) is 6.40. The third-order valence-corrected chi connectivity index (χ3v) is 4.27. The van der Waals surface area contributed by atoms with Gasteiger partial charge >= 0.3 is 0 Å². The van der Waals surface area contributed by atoms with Gasteiger partial charge in [-0.25, -0.2) is 4.39 Å². The summed E-state index contributed by atoms with van der Waals surface area (Å²) in [5.74, 6) is -0.944. The molecule has 3 aromatic rings. The minimum atomic E-state index is -0.590. The van der Waals surface area contributed by atoms with Gasteiger partial charge in [0.05, 0.1) is 17.3 Å². The molecule has 2 aromatic carbocycles. The Morgan fingerprint density at radius 2 is 1.81 bits per heavy atom. The number of benzene rings is 2. The number of anilines is 1. The van der Waals surface area contributed by atoms with Gasteiger partial charge in [-0.05, 0) is 48.0 Å². The van der Waals surface area contributed by atoms with Crippen molar-refractivity contribution in [1.29, 1.82) is 0 Å². The molecule has 0 aliphatic heterocycles. The third kappa shape index (κ3) is 4.12. The third-order valence-electron chi connectivity index (χ3n) is 3.71. The van der Waals surface area contributed by atoms with Crippen LogP contribution in [0.2, 0.25) is 10.0 Å². The number of carbonyl (C=O) groups is 1. The van der Waals surface area contributed by atoms with Crippen molar-refractivity contribution in [2.24, 2.45) is 0 Å². The highest BCUT2D eigenvalue weighted by Gasteiger charge is 2.14. The predicted molar refractivity (Wildman–Crippen MR) is 101 cm³/mol. The van der Waals surface area contributed by atoms with E-state index in [0.29, 0.717) is 15.7 Å². The molecular weight excluding hydrogens is 378 g/mol. The molecule has 4 nitrogen and oxygen atoms in total. The fraction of sp³-hybridized carbons (Fsp3) is 0.0526. The molecule has 26 heavy (non-hydrogen) atoms. The average Bonchev–Trinajstić information content (AvgIpc) is 2.62. The Balaban J connectivity index is 1.86. The molecule has 0 fully saturated rings. The Labute approximate surface area is 158 Å². The maximum atomic E-state index is 13.0. The van der Waals surface area contributed by atoms with E-state index in [0.717, 1.165) is 5.56 Å². The van der Waals surface area contributed by atoms with Crippen molar-refractivity contribution >= 4 is 34.8 Å². The van der Waals surface area contributed by atoms with Gasteiger partial charge in [0.25, 0.3) is 11.5 Å². The quantitative estimate of drug-likeness (QED) is 0.707. The lowest BCUT2D eigenvalue weighted by Gasteiger charge is -2.10. The maximum Gasteiger partial charge on any atom is 0.263 e. The number of nitrogens with one attached hydrogen (secondary N) is 1. The van der Waals surface area contributed by atoms with E-state index in [2.05, 4.69) is 5.32 Å². The number of hydrogen-bond acceptors (Lipinski definition) is 2. The summed E-state index contributed by atoms with van der Waals surface area (Å²) < 4.78 is 14.4. The zero-order valence-electron chi connectivity index (χ0n) is 13.4. The molecule has 1 amide bonds. The van der Waals surface area contributed by atoms with Crippen LogP contribution in [0.25, 0.3) is 0 Å². The first-order valence-corrected chi connectivity index (χ1v) is 8.40. The Morgan fingerprint density at radius 3 is 2.54 bits per heavy atom. The van der Waals surface area contributed by atoms with E-state index in [-0.39, 0.29) is 17.9 Å². The molecule has 1 N–H and O–H groups in total. The summed E-state index contributed by atoms with van der Waals surface area (Å²) >= 11 is 11.9. The minimum Gasteiger partial charge on any atom is -0.320 e. The monoisotopic (exact) mass is 390 g/mol. The number of pyridine rings is 1. The number of rotatable bonds is 4. The van der Waals surface area contributed by atoms with Crippen molar-refractivity contribution in [2.45, 2.75) is 6.54 Å². The van der Waals surface area contributed by atoms with E-state index in [1.165, 1.54) is 28.8 Å². The van der Waals surface area contributed by atoms with Gasteiger partial charge in [-0.15, -0.1) is 0 Å². The van der Waals surface area contributed by atoms with E-state index in [1.807, 2.05) is 0 Å². The van der Waals surface area contributed by atoms with Crippen LogP contribution in [-0.4, -0.2) is 10.5 Å². The van der Waals surface area contributed by atoms with E-state index in [4.69, 9.17) is 23.2 Å². The highest BCUT2D eigenvalue weighted by molar-refractivity contribution is 6.35. The van der Waals surface area contributed by atoms with Crippen molar-refractivity contribution in [2.75, 3.05) is 5.32 Å². The van der Waals surface area contributed by atoms with Crippen molar-refractivity contribution in [3.8, 4) is 0 Å². The summed E-state index contributed by atoms with van der Waals surface area (Å²) in [6.45, 7) is 0.220. The molecule has 0 spiro atoms. The first kappa shape index (κ1) is 18.2. The number of aromatic nitrogens is 1. The van der Waals surface area contributed by atoms with E-state index < -0.39 is 11.5 Å². The molecule has 0 unspecified atom stereocenters. The van der Waals surface area contributed by atoms with Crippen molar-refractivity contribution in [1.82, 2.24) is 4.57 Å². The molecule has 0 aliphatic carbocycles. The molecular formula is C19H13Cl2FN2O2. The molecule has 3 rings (SSSR count). The molecule has 0 radical (unpaired) electrons. The Morgan fingerprint density at radius 1 is 1.08 bits per heavy atom. The highest BCUT2D eigenvalue weighted by Crippen LogP contribution is 2.25. The van der Waals surface area contributed by atoms with Crippen molar-refractivity contribution in [3.05, 3.63) is 98.1 Å². The van der Waals surface area contributed by atoms with Gasteiger partial charge < -0.3 is 9.88 Å². The summed E-state index contributed by atoms with van der Waals surface area (Å²) in [4.78, 5) is 25.1. The predicted octanol–water partition coefficient (Wildman–Crippen LogP) is 4.59. The molecule has 132 valence electrons. The fourth-order valence-corrected chi connectivity index (χ4v) is 2.74. The van der Waals surface area contributed by atoms with E-state index in [1.54, 1.807) is 36.5 Å². The van der Waals surface area contributed by atoms with Gasteiger partial charge in [0.2, 0.25) is 0 Å². The fourth-order valence-electron chi connectivity index (χ4n) is 2.40. The molecule has 0 bridgehead atoms. The minimum absolute atomic E-state index is 0.0364. The molecule has 0 aliphatic rings. The second kappa shape index (κ2) is 7.72. The zero-order chi connectivity index (χ0) is 18.7. The number of amides is 1. The van der Waals surface area contributed by atoms with Crippen LogP contribution in [0.1, 0.15) is 15.9 Å². The van der Waals surface area contributed by atoms with E-state index >= 15 is 0 Å². The summed E-state index contributed by atoms with van der Waals surface area (Å²) in [5, 5.41) is 3.31. The van der Waals surface area contributed by atoms with Crippen molar-refractivity contribution in [3.63, 3.8) is 0 Å². The number of nitrogens with zero attached hydrogens (tertiary/aromatic N) is 1. The first-order valence-electron chi connectivity index (χ1n) is 7.64. The topological polar surface area (TPSA) is 51.1 Å². The molecule has 1 heterocycles. The van der Waals surface area contributed by atoms with Crippen LogP contribution < -0.4 is 10.9 Å². The van der Waals surface area contributed by atoms with Crippen LogP contribution >= 0.6 is 23.2 Å². The lowest BCUT2D eigenvalue weighted by atomic mass is 10.2. The molecule has 0 atom stereocenters. The molecule has 7 heteroatoms. The SMILES string of the molecule is O=C(Nc1cc(Cl)ccc1Cl)c1cccn(Cc2ccc(F)cc2)c1=O. The number of halogens is 3. The van der Waals surface area contributed by atoms with Gasteiger partial charge in [-0.3, -0.25) is 9.59 Å². The van der Waals surface area contributed by atoms with Gasteiger partial charge in [-0.2, -0.15) is 0 Å². The lowest BCUT2D eigenvalue weighted by molar-refractivity contribution is 0.102. The Hall–Kier alpha value is -2.63. The zero-order valence-corrected chi connectivity index (χ0v) is 14.9. The van der Waals surface area contributed by atoms with Gasteiger partial charge in [0.15, 0.2) is 0 Å². The summed E-state index contributed by atoms with van der Waals surface area (Å²) in [7, 11) is 0. The average molecular weight is 391 g/mol. The number of hydrogen-bond donors (Lipinski definition) is 1. The van der Waals surface area contributed by atoms with Crippen LogP contribution in [0.15, 0.2) is 65.6 Å². The Bertz CT molecular complexity index is 1020. The molecule has 0 saturated heterocycles. The van der Waals surface area contributed by atoms with Crippen molar-refractivity contribution < 1.29 is 9.18 Å². The van der Waals surface area contributed by atoms with Crippen LogP contribution in [0.5, 0.6) is 0 Å². The van der Waals surface area contributed by atoms with E-state index in [9.17, 15) is 14.0 Å². The van der Waals surface area contributed by atoms with Crippen LogP contribution in [0.3, 0.4) is 0 Å². The van der Waals surface area contributed by atoms with Gasteiger partial charge in [-0.1, -0.05) is 35.3 Å². The Kier molecular flexibility index (Phi) is 5.40. The van der Waals surface area contributed by atoms with Crippen LogP contribution in [0, 0.1) is 5.82 Å². The van der Waals surface area contributed by atoms with Gasteiger partial charge in [0, 0.05) is 11.2 Å². The van der Waals surface area contributed by atoms with Gasteiger partial charge in [0.1, 0.15) is 11.4 Å². The maximum absolute atomic E-state index is 13.0. The summed E-state index contributed by atoms with van der Waals surface area (Å²) in [6, 6.07) is 13.5. The summed E-state index contributed by atoms with van der Waals surface area (Å²) in [6.07, 6.45) is 1.56. The van der Waals surface area contributed by atoms with Crippen LogP contribution in [0.4, 0.5) is 10.1 Å². The highest BCUT2D eigenvalue weighted by atomic mass is 35.5. The standard InChI is InChI=1S/C19H13Cl2FN2O2/c20-13-5-8-16(21)17(10-13)23-18(25)15-2-1-9-24(19(15)26)11-12-3-6-14(22)7-4-12/h1-10H,11H2,(H,23,25). The normalized spacial score (nSPS) is 10.6. The number of carbonyl (C=O) groups excluding carboxylic acids is 1. The largest absolute Gasteiger partial charge is 0.320 e.